The largest absolute Gasteiger partial charge is 0.453 e. The number of nitrogens with zero attached hydrogens (tertiary/aromatic N) is 7. The van der Waals surface area contributed by atoms with Crippen LogP contribution in [0.1, 0.15) is 30.9 Å². The highest BCUT2D eigenvalue weighted by Crippen LogP contribution is 2.28. The second-order valence-electron chi connectivity index (χ2n) is 7.56. The van der Waals surface area contributed by atoms with Gasteiger partial charge < -0.3 is 14.8 Å². The number of halogens is 3. The molecular formula is C19H23F3N8O. The molecular weight excluding hydrogens is 413 g/mol. The number of hydrogen-bond donors (Lipinski definition) is 1. The van der Waals surface area contributed by atoms with Crippen LogP contribution in [0, 0.1) is 12.8 Å². The molecule has 9 nitrogen and oxygen atoms in total. The Morgan fingerprint density at radius 1 is 1.23 bits per heavy atom. The number of rotatable bonds is 6. The van der Waals surface area contributed by atoms with Crippen LogP contribution in [0.3, 0.4) is 0 Å². The first-order valence-corrected chi connectivity index (χ1v) is 10.1. The van der Waals surface area contributed by atoms with Gasteiger partial charge in [0, 0.05) is 44.5 Å². The van der Waals surface area contributed by atoms with Crippen LogP contribution in [0.5, 0.6) is 0 Å². The number of aryl methyl sites for hydroxylation is 2. The zero-order chi connectivity index (χ0) is 22.0. The molecule has 1 N–H and O–H groups in total. The van der Waals surface area contributed by atoms with E-state index < -0.39 is 12.0 Å². The number of anilines is 1. The van der Waals surface area contributed by atoms with Crippen molar-refractivity contribution >= 4 is 17.4 Å². The molecule has 0 atom stereocenters. The van der Waals surface area contributed by atoms with Crippen LogP contribution in [0.4, 0.5) is 19.0 Å². The average molecular weight is 436 g/mol. The molecule has 1 fully saturated rings. The molecule has 31 heavy (non-hydrogen) atoms. The van der Waals surface area contributed by atoms with Crippen molar-refractivity contribution in [3.63, 3.8) is 0 Å². The van der Waals surface area contributed by atoms with Gasteiger partial charge in [-0.25, -0.2) is 4.98 Å². The van der Waals surface area contributed by atoms with E-state index in [4.69, 9.17) is 0 Å². The standard InChI is InChI=1S/C19H23F3N8O/c1-13-23-8-12-28(13)9-2-7-24-17(31)14-5-10-29(11-6-14)16-4-3-15-25-26-18(19(20,21)22)30(15)27-16/h3-4,8,12,14H,2,5-7,9-11H2,1H3,(H,24,31). The van der Waals surface area contributed by atoms with Crippen molar-refractivity contribution in [3.8, 4) is 0 Å². The van der Waals surface area contributed by atoms with Gasteiger partial charge in [-0.1, -0.05) is 0 Å². The third-order valence-electron chi connectivity index (χ3n) is 5.49. The van der Waals surface area contributed by atoms with E-state index in [-0.39, 0.29) is 17.5 Å². The van der Waals surface area contributed by atoms with Gasteiger partial charge in [0.25, 0.3) is 5.82 Å². The molecule has 4 rings (SSSR count). The highest BCUT2D eigenvalue weighted by atomic mass is 19.4. The van der Waals surface area contributed by atoms with Gasteiger partial charge in [-0.15, -0.1) is 15.3 Å². The summed E-state index contributed by atoms with van der Waals surface area (Å²) in [4.78, 5) is 18.5. The highest BCUT2D eigenvalue weighted by Gasteiger charge is 2.38. The van der Waals surface area contributed by atoms with E-state index in [1.165, 1.54) is 6.07 Å². The number of nitrogens with one attached hydrogen (secondary N) is 1. The molecule has 166 valence electrons. The molecule has 1 aliphatic heterocycles. The molecule has 12 heteroatoms. The van der Waals surface area contributed by atoms with Crippen molar-refractivity contribution in [1.82, 2.24) is 34.7 Å². The normalized spacial score (nSPS) is 15.5. The summed E-state index contributed by atoms with van der Waals surface area (Å²) in [7, 11) is 0. The summed E-state index contributed by atoms with van der Waals surface area (Å²) >= 11 is 0. The fraction of sp³-hybridized carbons (Fsp3) is 0.526. The number of piperidine rings is 1. The van der Waals surface area contributed by atoms with Crippen LogP contribution in [0.2, 0.25) is 0 Å². The van der Waals surface area contributed by atoms with Crippen LogP contribution in [-0.4, -0.2) is 54.9 Å². The van der Waals surface area contributed by atoms with E-state index in [2.05, 4.69) is 25.6 Å². The third kappa shape index (κ3) is 4.62. The Morgan fingerprint density at radius 3 is 2.68 bits per heavy atom. The van der Waals surface area contributed by atoms with Gasteiger partial charge in [0.1, 0.15) is 11.6 Å². The second kappa shape index (κ2) is 8.52. The Hall–Kier alpha value is -3.18. The lowest BCUT2D eigenvalue weighted by atomic mass is 9.96. The summed E-state index contributed by atoms with van der Waals surface area (Å²) in [5, 5.41) is 13.8. The second-order valence-corrected chi connectivity index (χ2v) is 7.56. The first-order chi connectivity index (χ1) is 14.8. The molecule has 0 spiro atoms. The summed E-state index contributed by atoms with van der Waals surface area (Å²) in [6.45, 7) is 4.39. The maximum Gasteiger partial charge on any atom is 0.453 e. The van der Waals surface area contributed by atoms with Crippen LogP contribution in [0.15, 0.2) is 24.5 Å². The molecule has 1 aliphatic rings. The average Bonchev–Trinajstić information content (AvgIpc) is 3.36. The Labute approximate surface area is 176 Å². The summed E-state index contributed by atoms with van der Waals surface area (Å²) in [5.41, 5.74) is 0.0382. The summed E-state index contributed by atoms with van der Waals surface area (Å²) < 4.78 is 42.0. The van der Waals surface area contributed by atoms with Gasteiger partial charge in [0.05, 0.1) is 0 Å². The lowest BCUT2D eigenvalue weighted by Crippen LogP contribution is -2.41. The molecule has 0 aliphatic carbocycles. The van der Waals surface area contributed by atoms with Crippen molar-refractivity contribution in [2.45, 2.75) is 38.9 Å². The van der Waals surface area contributed by atoms with Gasteiger partial charge in [0.2, 0.25) is 5.91 Å². The first-order valence-electron chi connectivity index (χ1n) is 10.1. The maximum atomic E-state index is 13.1. The van der Waals surface area contributed by atoms with E-state index in [0.717, 1.165) is 23.3 Å². The molecule has 3 aromatic rings. The molecule has 1 saturated heterocycles. The molecule has 0 unspecified atom stereocenters. The highest BCUT2D eigenvalue weighted by molar-refractivity contribution is 5.78. The summed E-state index contributed by atoms with van der Waals surface area (Å²) in [6, 6.07) is 3.09. The van der Waals surface area contributed by atoms with E-state index in [1.807, 2.05) is 22.6 Å². The Kier molecular flexibility index (Phi) is 5.79. The predicted octanol–water partition coefficient (Wildman–Crippen LogP) is 2.07. The molecule has 0 bridgehead atoms. The summed E-state index contributed by atoms with van der Waals surface area (Å²) in [5.74, 6) is 0.107. The van der Waals surface area contributed by atoms with Gasteiger partial charge in [-0.3, -0.25) is 4.79 Å². The smallest absolute Gasteiger partial charge is 0.356 e. The fourth-order valence-corrected chi connectivity index (χ4v) is 3.74. The Balaban J connectivity index is 1.29. The van der Waals surface area contributed by atoms with E-state index >= 15 is 0 Å². The third-order valence-corrected chi connectivity index (χ3v) is 5.49. The molecule has 0 aromatic carbocycles. The number of imidazole rings is 1. The van der Waals surface area contributed by atoms with Crippen molar-refractivity contribution in [2.75, 3.05) is 24.5 Å². The molecule has 1 amide bonds. The van der Waals surface area contributed by atoms with Crippen molar-refractivity contribution < 1.29 is 18.0 Å². The number of aromatic nitrogens is 6. The van der Waals surface area contributed by atoms with Crippen molar-refractivity contribution in [3.05, 3.63) is 36.2 Å². The quantitative estimate of drug-likeness (QED) is 0.595. The molecule has 0 radical (unpaired) electrons. The monoisotopic (exact) mass is 436 g/mol. The minimum absolute atomic E-state index is 0.0172. The van der Waals surface area contributed by atoms with Crippen LogP contribution in [-0.2, 0) is 17.5 Å². The van der Waals surface area contributed by atoms with E-state index in [1.54, 1.807) is 12.3 Å². The number of fused-ring (bicyclic) bond motifs is 1. The topological polar surface area (TPSA) is 93.2 Å². The van der Waals surface area contributed by atoms with Crippen LogP contribution < -0.4 is 10.2 Å². The SMILES string of the molecule is Cc1nccn1CCCNC(=O)C1CCN(c2ccc3nnc(C(F)(F)F)n3n2)CC1. The van der Waals surface area contributed by atoms with Crippen molar-refractivity contribution in [1.29, 1.82) is 0 Å². The first kappa shape index (κ1) is 21.1. The van der Waals surface area contributed by atoms with E-state index in [0.29, 0.717) is 38.3 Å². The van der Waals surface area contributed by atoms with Gasteiger partial charge in [-0.2, -0.15) is 17.7 Å². The number of hydrogen-bond acceptors (Lipinski definition) is 6. The number of alkyl halides is 3. The predicted molar refractivity (Wildman–Crippen MR) is 105 cm³/mol. The van der Waals surface area contributed by atoms with Crippen molar-refractivity contribution in [2.24, 2.45) is 5.92 Å². The van der Waals surface area contributed by atoms with E-state index in [9.17, 15) is 18.0 Å². The lowest BCUT2D eigenvalue weighted by molar-refractivity contribution is -0.146. The Morgan fingerprint density at radius 2 is 2.00 bits per heavy atom. The minimum atomic E-state index is -4.63. The fourth-order valence-electron chi connectivity index (χ4n) is 3.74. The summed E-state index contributed by atoms with van der Waals surface area (Å²) in [6.07, 6.45) is 1.07. The molecule has 4 heterocycles. The van der Waals surface area contributed by atoms with Gasteiger partial charge in [0.15, 0.2) is 5.65 Å². The van der Waals surface area contributed by atoms with Crippen LogP contribution >= 0.6 is 0 Å². The number of carbonyl (C=O) groups excluding carboxylic acids is 1. The molecule has 0 saturated carbocycles. The minimum Gasteiger partial charge on any atom is -0.356 e. The van der Waals surface area contributed by atoms with Crippen LogP contribution in [0.25, 0.3) is 5.65 Å². The maximum absolute atomic E-state index is 13.1. The van der Waals surface area contributed by atoms with Gasteiger partial charge in [-0.05, 0) is 38.3 Å². The van der Waals surface area contributed by atoms with Gasteiger partial charge >= 0.3 is 6.18 Å². The number of amides is 1. The molecule has 3 aromatic heterocycles. The lowest BCUT2D eigenvalue weighted by Gasteiger charge is -2.32. The zero-order valence-corrected chi connectivity index (χ0v) is 17.0. The number of carbonyl (C=O) groups is 1. The Bertz CT molecular complexity index is 1050. The zero-order valence-electron chi connectivity index (χ0n) is 17.0.